The maximum atomic E-state index is 5.24. The molecule has 0 amide bonds. The van der Waals surface area contributed by atoms with Crippen LogP contribution in [-0.4, -0.2) is 6.61 Å². The predicted octanol–water partition coefficient (Wildman–Crippen LogP) is 2.04. The molecule has 0 spiro atoms. The van der Waals surface area contributed by atoms with Crippen LogP contribution in [0.4, 0.5) is 5.69 Å². The molecular weight excluding hydrogens is 154 g/mol. The Morgan fingerprint density at radius 3 is 2.50 bits per heavy atom. The first-order valence-corrected chi connectivity index (χ1v) is 3.70. The first kappa shape index (κ1) is 8.52. The van der Waals surface area contributed by atoms with Crippen molar-refractivity contribution in [1.29, 1.82) is 0 Å². The van der Waals surface area contributed by atoms with Gasteiger partial charge >= 0.3 is 0 Å². The zero-order valence-electron chi connectivity index (χ0n) is 6.90. The predicted molar refractivity (Wildman–Crippen MR) is 46.3 cm³/mol. The minimum absolute atomic E-state index is 0.664. The molecule has 1 aromatic rings. The van der Waals surface area contributed by atoms with E-state index in [0.29, 0.717) is 6.61 Å². The van der Waals surface area contributed by atoms with Crippen molar-refractivity contribution in [1.82, 2.24) is 0 Å². The quantitative estimate of drug-likeness (QED) is 0.423. The SMILES string of the molecule is CCOc1ccc(N=NN)cc1. The third-order valence-electron chi connectivity index (χ3n) is 1.32. The van der Waals surface area contributed by atoms with Gasteiger partial charge in [0.25, 0.3) is 0 Å². The van der Waals surface area contributed by atoms with Crippen LogP contribution < -0.4 is 10.6 Å². The van der Waals surface area contributed by atoms with Crippen molar-refractivity contribution in [2.75, 3.05) is 6.61 Å². The van der Waals surface area contributed by atoms with Gasteiger partial charge in [0.2, 0.25) is 0 Å². The molecule has 2 N–H and O–H groups in total. The van der Waals surface area contributed by atoms with E-state index < -0.39 is 0 Å². The standard InChI is InChI=1S/C8H11N3O/c1-2-12-8-5-3-7(4-6-8)10-11-9/h3-6H,2H2,1H3,(H2,9,10). The van der Waals surface area contributed by atoms with Crippen LogP contribution >= 0.6 is 0 Å². The van der Waals surface area contributed by atoms with Crippen LogP contribution in [0.2, 0.25) is 0 Å². The van der Waals surface area contributed by atoms with E-state index in [2.05, 4.69) is 10.3 Å². The third kappa shape index (κ3) is 2.23. The van der Waals surface area contributed by atoms with Crippen LogP contribution in [0.3, 0.4) is 0 Å². The van der Waals surface area contributed by atoms with E-state index in [4.69, 9.17) is 10.6 Å². The average molecular weight is 165 g/mol. The van der Waals surface area contributed by atoms with Crippen LogP contribution in [0.1, 0.15) is 6.92 Å². The Kier molecular flexibility index (Phi) is 3.07. The number of ether oxygens (including phenoxy) is 1. The summed E-state index contributed by atoms with van der Waals surface area (Å²) in [5.41, 5.74) is 0.723. The minimum atomic E-state index is 0.664. The van der Waals surface area contributed by atoms with Crippen LogP contribution in [0.25, 0.3) is 0 Å². The highest BCUT2D eigenvalue weighted by Crippen LogP contribution is 2.17. The maximum Gasteiger partial charge on any atom is 0.119 e. The summed E-state index contributed by atoms with van der Waals surface area (Å²) in [6.07, 6.45) is 0. The van der Waals surface area contributed by atoms with Gasteiger partial charge in [0.15, 0.2) is 0 Å². The number of benzene rings is 1. The van der Waals surface area contributed by atoms with Crippen molar-refractivity contribution in [2.45, 2.75) is 6.92 Å². The Morgan fingerprint density at radius 2 is 2.00 bits per heavy atom. The van der Waals surface area contributed by atoms with Gasteiger partial charge < -0.3 is 10.6 Å². The fraction of sp³-hybridized carbons (Fsp3) is 0.250. The number of rotatable bonds is 3. The molecule has 0 heterocycles. The molecule has 0 aliphatic heterocycles. The number of hydrogen-bond acceptors (Lipinski definition) is 3. The Hall–Kier alpha value is -1.58. The summed E-state index contributed by atoms with van der Waals surface area (Å²) in [6, 6.07) is 7.24. The van der Waals surface area contributed by atoms with Crippen molar-refractivity contribution in [3.8, 4) is 5.75 Å². The lowest BCUT2D eigenvalue weighted by atomic mass is 10.3. The summed E-state index contributed by atoms with van der Waals surface area (Å²) in [6.45, 7) is 2.60. The smallest absolute Gasteiger partial charge is 0.119 e. The summed E-state index contributed by atoms with van der Waals surface area (Å²) >= 11 is 0. The maximum absolute atomic E-state index is 5.24. The fourth-order valence-corrected chi connectivity index (χ4v) is 0.842. The summed E-state index contributed by atoms with van der Waals surface area (Å²) in [7, 11) is 0. The number of nitrogens with two attached hydrogens (primary N) is 1. The van der Waals surface area contributed by atoms with Gasteiger partial charge in [-0.05, 0) is 31.2 Å². The first-order chi connectivity index (χ1) is 5.86. The zero-order chi connectivity index (χ0) is 8.81. The Labute approximate surface area is 71.0 Å². The summed E-state index contributed by atoms with van der Waals surface area (Å²) < 4.78 is 5.24. The second kappa shape index (κ2) is 4.33. The summed E-state index contributed by atoms with van der Waals surface area (Å²) in [5.74, 6) is 5.71. The highest BCUT2D eigenvalue weighted by atomic mass is 16.5. The molecule has 0 saturated carbocycles. The van der Waals surface area contributed by atoms with Crippen LogP contribution in [0.15, 0.2) is 34.6 Å². The second-order valence-corrected chi connectivity index (χ2v) is 2.14. The Morgan fingerprint density at radius 1 is 1.33 bits per heavy atom. The lowest BCUT2D eigenvalue weighted by Crippen LogP contribution is -1.89. The topological polar surface area (TPSA) is 60.0 Å². The molecule has 4 heteroatoms. The highest BCUT2D eigenvalue weighted by molar-refractivity contribution is 5.40. The third-order valence-corrected chi connectivity index (χ3v) is 1.32. The molecule has 0 aromatic heterocycles. The van der Waals surface area contributed by atoms with Gasteiger partial charge in [0, 0.05) is 0 Å². The van der Waals surface area contributed by atoms with E-state index in [-0.39, 0.29) is 0 Å². The Balaban J connectivity index is 2.71. The van der Waals surface area contributed by atoms with Gasteiger partial charge in [0.05, 0.1) is 12.3 Å². The van der Waals surface area contributed by atoms with Crippen molar-refractivity contribution in [2.24, 2.45) is 16.2 Å². The molecule has 0 atom stereocenters. The van der Waals surface area contributed by atoms with E-state index in [0.717, 1.165) is 11.4 Å². The highest BCUT2D eigenvalue weighted by Gasteiger charge is 1.91. The average Bonchev–Trinajstić information content (AvgIpc) is 2.09. The van der Waals surface area contributed by atoms with Gasteiger partial charge in [-0.15, -0.1) is 5.11 Å². The molecule has 12 heavy (non-hydrogen) atoms. The van der Waals surface area contributed by atoms with Crippen molar-refractivity contribution >= 4 is 5.69 Å². The Bertz CT molecular complexity index is 256. The molecule has 0 unspecified atom stereocenters. The second-order valence-electron chi connectivity index (χ2n) is 2.14. The molecule has 0 aliphatic carbocycles. The van der Waals surface area contributed by atoms with Gasteiger partial charge in [-0.25, -0.2) is 0 Å². The van der Waals surface area contributed by atoms with Crippen molar-refractivity contribution < 1.29 is 4.74 Å². The van der Waals surface area contributed by atoms with E-state index in [1.807, 2.05) is 19.1 Å². The van der Waals surface area contributed by atoms with E-state index in [1.165, 1.54) is 0 Å². The lowest BCUT2D eigenvalue weighted by Gasteiger charge is -2.00. The molecule has 1 rings (SSSR count). The van der Waals surface area contributed by atoms with E-state index in [1.54, 1.807) is 12.1 Å². The van der Waals surface area contributed by atoms with Crippen molar-refractivity contribution in [3.63, 3.8) is 0 Å². The van der Waals surface area contributed by atoms with Gasteiger partial charge in [-0.1, -0.05) is 5.22 Å². The molecule has 1 aromatic carbocycles. The number of nitrogens with zero attached hydrogens (tertiary/aromatic N) is 2. The molecule has 0 bridgehead atoms. The van der Waals surface area contributed by atoms with E-state index in [9.17, 15) is 0 Å². The van der Waals surface area contributed by atoms with E-state index >= 15 is 0 Å². The monoisotopic (exact) mass is 165 g/mol. The molecule has 0 radical (unpaired) electrons. The van der Waals surface area contributed by atoms with Crippen LogP contribution in [0.5, 0.6) is 5.75 Å². The molecule has 64 valence electrons. The van der Waals surface area contributed by atoms with Crippen molar-refractivity contribution in [3.05, 3.63) is 24.3 Å². The molecular formula is C8H11N3O. The largest absolute Gasteiger partial charge is 0.494 e. The first-order valence-electron chi connectivity index (χ1n) is 3.70. The zero-order valence-corrected chi connectivity index (χ0v) is 6.90. The molecule has 0 saturated heterocycles. The number of hydrogen-bond donors (Lipinski definition) is 1. The van der Waals surface area contributed by atoms with Gasteiger partial charge in [-0.2, -0.15) is 0 Å². The summed E-state index contributed by atoms with van der Waals surface area (Å²) in [4.78, 5) is 0. The van der Waals surface area contributed by atoms with Crippen LogP contribution in [0, 0.1) is 0 Å². The van der Waals surface area contributed by atoms with Gasteiger partial charge in [0.1, 0.15) is 5.75 Å². The fourth-order valence-electron chi connectivity index (χ4n) is 0.842. The minimum Gasteiger partial charge on any atom is -0.494 e. The summed E-state index contributed by atoms with van der Waals surface area (Å²) in [5, 5.41) is 6.82. The van der Waals surface area contributed by atoms with Gasteiger partial charge in [-0.3, -0.25) is 0 Å². The van der Waals surface area contributed by atoms with Crippen LogP contribution in [-0.2, 0) is 0 Å². The normalized spacial score (nSPS) is 10.4. The molecule has 4 nitrogen and oxygen atoms in total. The lowest BCUT2D eigenvalue weighted by molar-refractivity contribution is 0.340. The molecule has 0 fully saturated rings. The molecule has 0 aliphatic rings.